The maximum atomic E-state index is 11.2. The second-order valence-corrected chi connectivity index (χ2v) is 5.85. The number of hydrogen-bond donors (Lipinski definition) is 1. The molecule has 0 aliphatic rings. The van der Waals surface area contributed by atoms with Crippen molar-refractivity contribution in [2.24, 2.45) is 0 Å². The van der Waals surface area contributed by atoms with E-state index in [1.54, 1.807) is 25.3 Å². The summed E-state index contributed by atoms with van der Waals surface area (Å²) < 4.78 is 27.5. The van der Waals surface area contributed by atoms with Gasteiger partial charge >= 0.3 is 0 Å². The van der Waals surface area contributed by atoms with E-state index < -0.39 is 9.84 Å². The standard InChI is InChI=1S/C12H13N3O3S/c1-18-10-5-3-9(4-6-10)13-11-7-8-12(15-14-11)19(2,16)17/h3-8H,1-2H3,(H,13,14). The third-order valence-electron chi connectivity index (χ3n) is 2.38. The van der Waals surface area contributed by atoms with Gasteiger partial charge in [-0.2, -0.15) is 0 Å². The van der Waals surface area contributed by atoms with Crippen LogP contribution in [0.4, 0.5) is 11.5 Å². The first-order valence-corrected chi connectivity index (χ1v) is 7.33. The number of sulfone groups is 1. The van der Waals surface area contributed by atoms with Crippen LogP contribution in [0.2, 0.25) is 0 Å². The van der Waals surface area contributed by atoms with Crippen molar-refractivity contribution >= 4 is 21.3 Å². The van der Waals surface area contributed by atoms with Crippen molar-refractivity contribution in [3.05, 3.63) is 36.4 Å². The highest BCUT2D eigenvalue weighted by molar-refractivity contribution is 7.90. The molecular weight excluding hydrogens is 266 g/mol. The molecule has 0 unspecified atom stereocenters. The first kappa shape index (κ1) is 13.3. The van der Waals surface area contributed by atoms with Crippen molar-refractivity contribution in [1.29, 1.82) is 0 Å². The normalized spacial score (nSPS) is 11.1. The van der Waals surface area contributed by atoms with Gasteiger partial charge in [-0.3, -0.25) is 0 Å². The highest BCUT2D eigenvalue weighted by Gasteiger charge is 2.09. The van der Waals surface area contributed by atoms with Crippen molar-refractivity contribution in [1.82, 2.24) is 10.2 Å². The number of aromatic nitrogens is 2. The van der Waals surface area contributed by atoms with Crippen molar-refractivity contribution in [2.45, 2.75) is 5.03 Å². The molecule has 1 N–H and O–H groups in total. The van der Waals surface area contributed by atoms with Gasteiger partial charge < -0.3 is 10.1 Å². The van der Waals surface area contributed by atoms with E-state index in [1.165, 1.54) is 6.07 Å². The molecule has 1 heterocycles. The van der Waals surface area contributed by atoms with Gasteiger partial charge in [0.2, 0.25) is 0 Å². The summed E-state index contributed by atoms with van der Waals surface area (Å²) in [5.41, 5.74) is 0.808. The molecule has 7 heteroatoms. The highest BCUT2D eigenvalue weighted by Crippen LogP contribution is 2.18. The molecule has 6 nitrogen and oxygen atoms in total. The van der Waals surface area contributed by atoms with Crippen LogP contribution in [-0.4, -0.2) is 32.0 Å². The predicted molar refractivity (Wildman–Crippen MR) is 71.4 cm³/mol. The Balaban J connectivity index is 2.15. The number of ether oxygens (including phenoxy) is 1. The van der Waals surface area contributed by atoms with Crippen LogP contribution in [-0.2, 0) is 9.84 Å². The van der Waals surface area contributed by atoms with E-state index in [-0.39, 0.29) is 5.03 Å². The number of nitrogens with zero attached hydrogens (tertiary/aromatic N) is 2. The van der Waals surface area contributed by atoms with E-state index >= 15 is 0 Å². The number of anilines is 2. The molecule has 0 aliphatic carbocycles. The van der Waals surface area contributed by atoms with Gasteiger partial charge in [0.15, 0.2) is 20.7 Å². The molecule has 19 heavy (non-hydrogen) atoms. The number of nitrogens with one attached hydrogen (secondary N) is 1. The van der Waals surface area contributed by atoms with Gasteiger partial charge in [0.05, 0.1) is 7.11 Å². The Morgan fingerprint density at radius 2 is 1.74 bits per heavy atom. The molecule has 0 atom stereocenters. The Morgan fingerprint density at radius 3 is 2.21 bits per heavy atom. The maximum Gasteiger partial charge on any atom is 0.194 e. The maximum absolute atomic E-state index is 11.2. The average molecular weight is 279 g/mol. The van der Waals surface area contributed by atoms with Crippen LogP contribution in [0.5, 0.6) is 5.75 Å². The van der Waals surface area contributed by atoms with Crippen LogP contribution in [0.25, 0.3) is 0 Å². The molecule has 1 aromatic carbocycles. The molecule has 0 spiro atoms. The Bertz CT molecular complexity index is 652. The van der Waals surface area contributed by atoms with Gasteiger partial charge in [0, 0.05) is 11.9 Å². The number of benzene rings is 1. The summed E-state index contributed by atoms with van der Waals surface area (Å²) in [7, 11) is -1.72. The molecule has 0 aliphatic heterocycles. The first-order chi connectivity index (χ1) is 8.99. The summed E-state index contributed by atoms with van der Waals surface area (Å²) in [6, 6.07) is 10.2. The quantitative estimate of drug-likeness (QED) is 0.916. The Labute approximate surface area is 111 Å². The monoisotopic (exact) mass is 279 g/mol. The third kappa shape index (κ3) is 3.41. The Hall–Kier alpha value is -2.15. The van der Waals surface area contributed by atoms with Crippen molar-refractivity contribution in [2.75, 3.05) is 18.7 Å². The zero-order valence-corrected chi connectivity index (χ0v) is 11.3. The lowest BCUT2D eigenvalue weighted by Crippen LogP contribution is -2.03. The molecule has 1 aromatic heterocycles. The van der Waals surface area contributed by atoms with Crippen molar-refractivity contribution < 1.29 is 13.2 Å². The van der Waals surface area contributed by atoms with Crippen LogP contribution in [0.1, 0.15) is 0 Å². The summed E-state index contributed by atoms with van der Waals surface area (Å²) >= 11 is 0. The average Bonchev–Trinajstić information content (AvgIpc) is 2.39. The molecule has 2 rings (SSSR count). The largest absolute Gasteiger partial charge is 0.497 e. The lowest BCUT2D eigenvalue weighted by molar-refractivity contribution is 0.415. The van der Waals surface area contributed by atoms with Gasteiger partial charge in [-0.05, 0) is 36.4 Å². The van der Waals surface area contributed by atoms with Gasteiger partial charge in [0.1, 0.15) is 5.75 Å². The third-order valence-corrected chi connectivity index (χ3v) is 3.36. The molecule has 0 saturated carbocycles. The van der Waals surface area contributed by atoms with Crippen LogP contribution in [0, 0.1) is 0 Å². The fraction of sp³-hybridized carbons (Fsp3) is 0.167. The molecule has 0 bridgehead atoms. The minimum Gasteiger partial charge on any atom is -0.497 e. The lowest BCUT2D eigenvalue weighted by Gasteiger charge is -2.06. The van der Waals surface area contributed by atoms with E-state index in [0.717, 1.165) is 17.7 Å². The van der Waals surface area contributed by atoms with E-state index in [9.17, 15) is 8.42 Å². The van der Waals surface area contributed by atoms with Gasteiger partial charge in [-0.15, -0.1) is 10.2 Å². The number of rotatable bonds is 4. The number of methoxy groups -OCH3 is 1. The van der Waals surface area contributed by atoms with E-state index in [0.29, 0.717) is 5.82 Å². The minimum atomic E-state index is -3.32. The van der Waals surface area contributed by atoms with Gasteiger partial charge in [-0.1, -0.05) is 0 Å². The zero-order valence-electron chi connectivity index (χ0n) is 10.5. The summed E-state index contributed by atoms with van der Waals surface area (Å²) in [4.78, 5) is 0. The summed E-state index contributed by atoms with van der Waals surface area (Å²) in [6.45, 7) is 0. The van der Waals surface area contributed by atoms with Gasteiger partial charge in [0.25, 0.3) is 0 Å². The zero-order chi connectivity index (χ0) is 13.9. The highest BCUT2D eigenvalue weighted by atomic mass is 32.2. The summed E-state index contributed by atoms with van der Waals surface area (Å²) in [5, 5.41) is 10.4. The van der Waals surface area contributed by atoms with Crippen molar-refractivity contribution in [3.63, 3.8) is 0 Å². The molecule has 0 radical (unpaired) electrons. The van der Waals surface area contributed by atoms with E-state index in [2.05, 4.69) is 15.5 Å². The Kier molecular flexibility index (Phi) is 3.66. The van der Waals surface area contributed by atoms with E-state index in [1.807, 2.05) is 12.1 Å². The minimum absolute atomic E-state index is 0.0484. The molecule has 0 amide bonds. The van der Waals surface area contributed by atoms with E-state index in [4.69, 9.17) is 4.74 Å². The first-order valence-electron chi connectivity index (χ1n) is 5.44. The molecule has 2 aromatic rings. The summed E-state index contributed by atoms with van der Waals surface area (Å²) in [5.74, 6) is 1.22. The topological polar surface area (TPSA) is 81.2 Å². The second-order valence-electron chi connectivity index (χ2n) is 3.88. The fourth-order valence-electron chi connectivity index (χ4n) is 1.41. The lowest BCUT2D eigenvalue weighted by atomic mass is 10.3. The fourth-order valence-corrected chi connectivity index (χ4v) is 1.91. The van der Waals surface area contributed by atoms with Crippen LogP contribution < -0.4 is 10.1 Å². The van der Waals surface area contributed by atoms with Crippen molar-refractivity contribution in [3.8, 4) is 5.75 Å². The van der Waals surface area contributed by atoms with Gasteiger partial charge in [-0.25, -0.2) is 8.42 Å². The second kappa shape index (κ2) is 5.23. The smallest absolute Gasteiger partial charge is 0.194 e. The Morgan fingerprint density at radius 1 is 1.05 bits per heavy atom. The van der Waals surface area contributed by atoms with Crippen LogP contribution >= 0.6 is 0 Å². The molecule has 0 fully saturated rings. The predicted octanol–water partition coefficient (Wildman–Crippen LogP) is 1.63. The molecular formula is C12H13N3O3S. The summed E-state index contributed by atoms with van der Waals surface area (Å²) in [6.07, 6.45) is 1.09. The molecule has 100 valence electrons. The molecule has 0 saturated heterocycles. The SMILES string of the molecule is COc1ccc(Nc2ccc(S(C)(=O)=O)nn2)cc1. The van der Waals surface area contributed by atoms with Crippen LogP contribution in [0.15, 0.2) is 41.4 Å². The number of hydrogen-bond acceptors (Lipinski definition) is 6. The van der Waals surface area contributed by atoms with Crippen LogP contribution in [0.3, 0.4) is 0 Å².